The minimum Gasteiger partial charge on any atom is -0.248 e. The summed E-state index contributed by atoms with van der Waals surface area (Å²) in [6.07, 6.45) is 0. The lowest BCUT2D eigenvalue weighted by molar-refractivity contribution is 1.08. The molecular weight excluding hydrogens is 609 g/mol. The quantitative estimate of drug-likeness (QED) is 0.182. The molecule has 4 heteroatoms. The number of aromatic nitrogens is 4. The molecule has 0 radical (unpaired) electrons. The van der Waals surface area contributed by atoms with E-state index in [1.165, 1.54) is 10.8 Å². The van der Waals surface area contributed by atoms with Gasteiger partial charge in [-0.1, -0.05) is 158 Å². The van der Waals surface area contributed by atoms with E-state index < -0.39 is 0 Å². The summed E-state index contributed by atoms with van der Waals surface area (Å²) in [4.78, 5) is 20.2. The van der Waals surface area contributed by atoms with Gasteiger partial charge in [0, 0.05) is 27.8 Å². The monoisotopic (exact) mass is 638 g/mol. The number of rotatable bonds is 6. The van der Waals surface area contributed by atoms with Gasteiger partial charge in [0.05, 0.1) is 11.4 Å². The standard InChI is InChI=1S/C46H30N4/c1-3-13-34(14-4-1)42-29-41(30-43(47-42)35-15-5-2-6-16-35)33-19-23-36(24-20-33)44-48-45(39-25-21-31-11-7-9-17-37(31)27-39)50-46(49-44)40-26-22-32-12-8-10-18-38(32)28-40/h1-30H. The molecule has 9 rings (SSSR count). The zero-order valence-corrected chi connectivity index (χ0v) is 27.1. The second-order valence-electron chi connectivity index (χ2n) is 12.4. The third-order valence-electron chi connectivity index (χ3n) is 9.09. The highest BCUT2D eigenvalue weighted by Gasteiger charge is 2.15. The molecule has 0 spiro atoms. The number of hydrogen-bond donors (Lipinski definition) is 0. The van der Waals surface area contributed by atoms with E-state index in [9.17, 15) is 0 Å². The fourth-order valence-corrected chi connectivity index (χ4v) is 6.44. The molecule has 234 valence electrons. The van der Waals surface area contributed by atoms with Gasteiger partial charge in [0.2, 0.25) is 0 Å². The zero-order chi connectivity index (χ0) is 33.3. The first-order valence-electron chi connectivity index (χ1n) is 16.7. The molecule has 50 heavy (non-hydrogen) atoms. The molecule has 0 saturated heterocycles. The molecule has 4 nitrogen and oxygen atoms in total. The molecular formula is C46H30N4. The number of fused-ring (bicyclic) bond motifs is 2. The van der Waals surface area contributed by atoms with Crippen LogP contribution < -0.4 is 0 Å². The average molecular weight is 639 g/mol. The normalized spacial score (nSPS) is 11.2. The number of pyridine rings is 1. The Morgan fingerprint density at radius 2 is 0.600 bits per heavy atom. The van der Waals surface area contributed by atoms with Crippen LogP contribution in [0.5, 0.6) is 0 Å². The minimum atomic E-state index is 0.627. The Hall–Kier alpha value is -6.78. The third kappa shape index (κ3) is 5.80. The van der Waals surface area contributed by atoms with Crippen LogP contribution in [0.4, 0.5) is 0 Å². The SMILES string of the molecule is c1ccc(-c2cc(-c3ccc(-c4nc(-c5ccc6ccccc6c5)nc(-c5ccc6ccccc6c5)n4)cc3)cc(-c3ccccc3)n2)cc1. The molecule has 0 fully saturated rings. The van der Waals surface area contributed by atoms with E-state index in [0.717, 1.165) is 61.1 Å². The fraction of sp³-hybridized carbons (Fsp3) is 0. The maximum Gasteiger partial charge on any atom is 0.164 e. The van der Waals surface area contributed by atoms with Crippen LogP contribution in [0.25, 0.3) is 89.4 Å². The summed E-state index contributed by atoms with van der Waals surface area (Å²) in [5.41, 5.74) is 9.02. The van der Waals surface area contributed by atoms with Crippen molar-refractivity contribution in [1.82, 2.24) is 19.9 Å². The first-order valence-corrected chi connectivity index (χ1v) is 16.7. The summed E-state index contributed by atoms with van der Waals surface area (Å²) in [7, 11) is 0. The second kappa shape index (κ2) is 12.7. The Bertz CT molecular complexity index is 2480. The predicted octanol–water partition coefficient (Wildman–Crippen LogP) is 11.6. The Morgan fingerprint density at radius 3 is 1.08 bits per heavy atom. The molecule has 9 aromatic rings. The molecule has 7 aromatic carbocycles. The van der Waals surface area contributed by atoms with Crippen molar-refractivity contribution >= 4 is 21.5 Å². The molecule has 0 unspecified atom stereocenters. The molecule has 0 amide bonds. The molecule has 0 bridgehead atoms. The average Bonchev–Trinajstić information content (AvgIpc) is 3.21. The van der Waals surface area contributed by atoms with Gasteiger partial charge in [-0.3, -0.25) is 0 Å². The molecule has 2 aromatic heterocycles. The fourth-order valence-electron chi connectivity index (χ4n) is 6.44. The largest absolute Gasteiger partial charge is 0.248 e. The second-order valence-corrected chi connectivity index (χ2v) is 12.4. The van der Waals surface area contributed by atoms with Crippen LogP contribution in [0.15, 0.2) is 182 Å². The van der Waals surface area contributed by atoms with Crippen LogP contribution in [0.3, 0.4) is 0 Å². The van der Waals surface area contributed by atoms with Gasteiger partial charge in [0.1, 0.15) is 0 Å². The van der Waals surface area contributed by atoms with Crippen LogP contribution >= 0.6 is 0 Å². The predicted molar refractivity (Wildman–Crippen MR) is 205 cm³/mol. The van der Waals surface area contributed by atoms with Gasteiger partial charge in [-0.2, -0.15) is 0 Å². The summed E-state index contributed by atoms with van der Waals surface area (Å²) in [5, 5.41) is 4.65. The Kier molecular flexibility index (Phi) is 7.45. The molecule has 0 saturated carbocycles. The van der Waals surface area contributed by atoms with E-state index in [0.29, 0.717) is 17.5 Å². The summed E-state index contributed by atoms with van der Waals surface area (Å²) in [6.45, 7) is 0. The van der Waals surface area contributed by atoms with E-state index >= 15 is 0 Å². The summed E-state index contributed by atoms with van der Waals surface area (Å²) >= 11 is 0. The van der Waals surface area contributed by atoms with Gasteiger partial charge < -0.3 is 0 Å². The Balaban J connectivity index is 1.15. The van der Waals surface area contributed by atoms with E-state index in [1.807, 2.05) is 36.4 Å². The van der Waals surface area contributed by atoms with Crippen molar-refractivity contribution in [2.45, 2.75) is 0 Å². The smallest absolute Gasteiger partial charge is 0.164 e. The topological polar surface area (TPSA) is 51.6 Å². The Morgan fingerprint density at radius 1 is 0.220 bits per heavy atom. The maximum atomic E-state index is 5.05. The van der Waals surface area contributed by atoms with Gasteiger partial charge in [0.25, 0.3) is 0 Å². The molecule has 2 heterocycles. The van der Waals surface area contributed by atoms with Crippen molar-refractivity contribution in [3.8, 4) is 67.8 Å². The van der Waals surface area contributed by atoms with Crippen molar-refractivity contribution in [1.29, 1.82) is 0 Å². The van der Waals surface area contributed by atoms with Crippen molar-refractivity contribution in [3.63, 3.8) is 0 Å². The number of benzene rings is 7. The van der Waals surface area contributed by atoms with Crippen LogP contribution in [0, 0.1) is 0 Å². The minimum absolute atomic E-state index is 0.627. The maximum absolute atomic E-state index is 5.05. The van der Waals surface area contributed by atoms with E-state index in [2.05, 4.69) is 146 Å². The molecule has 0 aliphatic heterocycles. The number of nitrogens with zero attached hydrogens (tertiary/aromatic N) is 4. The zero-order valence-electron chi connectivity index (χ0n) is 27.1. The third-order valence-corrected chi connectivity index (χ3v) is 9.09. The van der Waals surface area contributed by atoms with E-state index in [1.54, 1.807) is 0 Å². The van der Waals surface area contributed by atoms with Crippen LogP contribution in [0.1, 0.15) is 0 Å². The summed E-state index contributed by atoms with van der Waals surface area (Å²) < 4.78 is 0. The highest BCUT2D eigenvalue weighted by Crippen LogP contribution is 2.33. The lowest BCUT2D eigenvalue weighted by Gasteiger charge is -2.12. The Labute approximate surface area is 290 Å². The molecule has 0 atom stereocenters. The van der Waals surface area contributed by atoms with Gasteiger partial charge >= 0.3 is 0 Å². The van der Waals surface area contributed by atoms with Crippen molar-refractivity contribution in [2.24, 2.45) is 0 Å². The lowest BCUT2D eigenvalue weighted by atomic mass is 9.99. The highest BCUT2D eigenvalue weighted by molar-refractivity contribution is 5.88. The van der Waals surface area contributed by atoms with Gasteiger partial charge in [-0.25, -0.2) is 19.9 Å². The highest BCUT2D eigenvalue weighted by atomic mass is 15.0. The van der Waals surface area contributed by atoms with Gasteiger partial charge in [-0.05, 0) is 56.9 Å². The molecule has 0 N–H and O–H groups in total. The van der Waals surface area contributed by atoms with Gasteiger partial charge in [0.15, 0.2) is 17.5 Å². The molecule has 0 aliphatic rings. The first-order chi connectivity index (χ1) is 24.7. The summed E-state index contributed by atoms with van der Waals surface area (Å²) in [6, 6.07) is 62.9. The lowest BCUT2D eigenvalue weighted by Crippen LogP contribution is -2.00. The number of hydrogen-bond acceptors (Lipinski definition) is 4. The van der Waals surface area contributed by atoms with Gasteiger partial charge in [-0.15, -0.1) is 0 Å². The van der Waals surface area contributed by atoms with Crippen molar-refractivity contribution in [3.05, 3.63) is 182 Å². The van der Waals surface area contributed by atoms with E-state index in [-0.39, 0.29) is 0 Å². The van der Waals surface area contributed by atoms with Crippen molar-refractivity contribution < 1.29 is 0 Å². The van der Waals surface area contributed by atoms with Crippen LogP contribution in [-0.4, -0.2) is 19.9 Å². The first kappa shape index (κ1) is 29.4. The van der Waals surface area contributed by atoms with Crippen LogP contribution in [0.2, 0.25) is 0 Å². The summed E-state index contributed by atoms with van der Waals surface area (Å²) in [5.74, 6) is 1.91. The van der Waals surface area contributed by atoms with Crippen molar-refractivity contribution in [2.75, 3.05) is 0 Å². The van der Waals surface area contributed by atoms with Crippen LogP contribution in [-0.2, 0) is 0 Å². The van der Waals surface area contributed by atoms with E-state index in [4.69, 9.17) is 19.9 Å². The molecule has 0 aliphatic carbocycles.